The Morgan fingerprint density at radius 2 is 1.95 bits per heavy atom. The van der Waals surface area contributed by atoms with Crippen molar-refractivity contribution in [2.45, 2.75) is 20.4 Å². The zero-order valence-electron chi connectivity index (χ0n) is 12.1. The van der Waals surface area contributed by atoms with E-state index in [1.165, 1.54) is 0 Å². The van der Waals surface area contributed by atoms with Gasteiger partial charge >= 0.3 is 12.0 Å². The van der Waals surface area contributed by atoms with E-state index < -0.39 is 31.1 Å². The molecule has 0 aliphatic carbocycles. The van der Waals surface area contributed by atoms with Crippen LogP contribution in [-0.2, 0) is 27.9 Å². The second-order valence-corrected chi connectivity index (χ2v) is 4.39. The molecule has 116 valence electrons. The van der Waals surface area contributed by atoms with Gasteiger partial charge in [-0.05, 0) is 13.8 Å². The van der Waals surface area contributed by atoms with Gasteiger partial charge in [-0.2, -0.15) is 5.10 Å². The van der Waals surface area contributed by atoms with Gasteiger partial charge in [-0.3, -0.25) is 14.8 Å². The van der Waals surface area contributed by atoms with Crippen molar-refractivity contribution in [3.8, 4) is 0 Å². The zero-order chi connectivity index (χ0) is 16.0. The van der Waals surface area contributed by atoms with E-state index in [2.05, 4.69) is 15.2 Å². The number of aliphatic carboxylic acids is 1. The molecule has 0 saturated carbocycles. The molecule has 0 aliphatic rings. The van der Waals surface area contributed by atoms with E-state index in [1.54, 1.807) is 11.7 Å². The van der Waals surface area contributed by atoms with E-state index in [9.17, 15) is 14.4 Å². The number of hydrogen-bond acceptors (Lipinski definition) is 5. The SMILES string of the molecule is Cc1nn(C)c(C)c1CNC(=O)NC(=O)COCC(=O)O. The van der Waals surface area contributed by atoms with Crippen LogP contribution in [0.4, 0.5) is 4.79 Å². The van der Waals surface area contributed by atoms with Crippen LogP contribution < -0.4 is 10.6 Å². The van der Waals surface area contributed by atoms with Crippen molar-refractivity contribution in [2.75, 3.05) is 13.2 Å². The molecule has 0 atom stereocenters. The number of aryl methyl sites for hydroxylation is 2. The molecule has 0 fully saturated rings. The van der Waals surface area contributed by atoms with Crippen molar-refractivity contribution in [1.82, 2.24) is 20.4 Å². The van der Waals surface area contributed by atoms with E-state index in [1.807, 2.05) is 19.2 Å². The molecule has 1 rings (SSSR count). The number of aromatic nitrogens is 2. The number of carboxylic acids is 1. The van der Waals surface area contributed by atoms with Gasteiger partial charge in [0.25, 0.3) is 5.91 Å². The lowest BCUT2D eigenvalue weighted by Gasteiger charge is -2.07. The molecule has 0 saturated heterocycles. The normalized spacial score (nSPS) is 10.2. The molecule has 0 bridgehead atoms. The molecular formula is C12H18N4O5. The number of rotatable bonds is 6. The number of carbonyl (C=O) groups is 3. The maximum absolute atomic E-state index is 11.5. The number of ether oxygens (including phenoxy) is 1. The Labute approximate surface area is 121 Å². The topological polar surface area (TPSA) is 123 Å². The third-order valence-corrected chi connectivity index (χ3v) is 2.80. The highest BCUT2D eigenvalue weighted by molar-refractivity contribution is 5.94. The highest BCUT2D eigenvalue weighted by Crippen LogP contribution is 2.10. The predicted octanol–water partition coefficient (Wildman–Crippen LogP) is -0.536. The first kappa shape index (κ1) is 16.6. The summed E-state index contributed by atoms with van der Waals surface area (Å²) in [5, 5.41) is 17.1. The highest BCUT2D eigenvalue weighted by Gasteiger charge is 2.12. The Bertz CT molecular complexity index is 552. The smallest absolute Gasteiger partial charge is 0.329 e. The fourth-order valence-electron chi connectivity index (χ4n) is 1.68. The van der Waals surface area contributed by atoms with Crippen molar-refractivity contribution >= 4 is 17.9 Å². The quantitative estimate of drug-likeness (QED) is 0.648. The first-order valence-corrected chi connectivity index (χ1v) is 6.17. The van der Waals surface area contributed by atoms with Gasteiger partial charge in [0.2, 0.25) is 0 Å². The summed E-state index contributed by atoms with van der Waals surface area (Å²) in [4.78, 5) is 33.0. The molecule has 9 nitrogen and oxygen atoms in total. The van der Waals surface area contributed by atoms with Gasteiger partial charge in [0, 0.05) is 24.8 Å². The summed E-state index contributed by atoms with van der Waals surface area (Å²) in [6.07, 6.45) is 0. The Balaban J connectivity index is 2.37. The Morgan fingerprint density at radius 1 is 1.29 bits per heavy atom. The number of carboxylic acid groups (broad SMARTS) is 1. The number of carbonyl (C=O) groups excluding carboxylic acids is 2. The van der Waals surface area contributed by atoms with E-state index in [4.69, 9.17) is 5.11 Å². The minimum atomic E-state index is -1.19. The van der Waals surface area contributed by atoms with Crippen LogP contribution in [0.15, 0.2) is 0 Å². The van der Waals surface area contributed by atoms with Crippen molar-refractivity contribution in [1.29, 1.82) is 0 Å². The number of nitrogens with one attached hydrogen (secondary N) is 2. The van der Waals surface area contributed by atoms with Gasteiger partial charge in [-0.25, -0.2) is 9.59 Å². The molecule has 3 N–H and O–H groups in total. The molecule has 21 heavy (non-hydrogen) atoms. The second kappa shape index (κ2) is 7.39. The Kier molecular flexibility index (Phi) is 5.85. The summed E-state index contributed by atoms with van der Waals surface area (Å²) < 4.78 is 6.26. The number of urea groups is 1. The van der Waals surface area contributed by atoms with Crippen molar-refractivity contribution in [2.24, 2.45) is 7.05 Å². The molecule has 1 aromatic heterocycles. The third-order valence-electron chi connectivity index (χ3n) is 2.80. The summed E-state index contributed by atoms with van der Waals surface area (Å²) in [5.41, 5.74) is 2.59. The van der Waals surface area contributed by atoms with Gasteiger partial charge in [-0.1, -0.05) is 0 Å². The molecule has 0 spiro atoms. The summed E-state index contributed by atoms with van der Waals surface area (Å²) in [6, 6.07) is -0.679. The standard InChI is InChI=1S/C12H18N4O5/c1-7-9(8(2)16(3)15-7)4-13-12(20)14-10(17)5-21-6-11(18)19/h4-6H2,1-3H3,(H,18,19)(H2,13,14,17,20). The summed E-state index contributed by atoms with van der Waals surface area (Å²) >= 11 is 0. The lowest BCUT2D eigenvalue weighted by molar-refractivity contribution is -0.143. The minimum Gasteiger partial charge on any atom is -0.480 e. The first-order chi connectivity index (χ1) is 9.81. The molecule has 3 amide bonds. The average Bonchev–Trinajstić information content (AvgIpc) is 2.60. The molecule has 1 aromatic rings. The van der Waals surface area contributed by atoms with Gasteiger partial charge in [-0.15, -0.1) is 0 Å². The average molecular weight is 298 g/mol. The summed E-state index contributed by atoms with van der Waals surface area (Å²) in [5.74, 6) is -1.90. The zero-order valence-corrected chi connectivity index (χ0v) is 12.1. The number of nitrogens with zero attached hydrogens (tertiary/aromatic N) is 2. The van der Waals surface area contributed by atoms with Gasteiger partial charge in [0.05, 0.1) is 5.69 Å². The van der Waals surface area contributed by atoms with Crippen LogP contribution in [0.1, 0.15) is 17.0 Å². The van der Waals surface area contributed by atoms with E-state index in [-0.39, 0.29) is 6.54 Å². The largest absolute Gasteiger partial charge is 0.480 e. The van der Waals surface area contributed by atoms with Crippen LogP contribution in [0.3, 0.4) is 0 Å². The molecule has 0 aliphatic heterocycles. The van der Waals surface area contributed by atoms with Crippen LogP contribution in [0.25, 0.3) is 0 Å². The van der Waals surface area contributed by atoms with Crippen LogP contribution in [0, 0.1) is 13.8 Å². The number of hydrogen-bond donors (Lipinski definition) is 3. The summed E-state index contributed by atoms with van der Waals surface area (Å²) in [7, 11) is 1.80. The number of amides is 3. The van der Waals surface area contributed by atoms with Crippen molar-refractivity contribution in [3.63, 3.8) is 0 Å². The maximum atomic E-state index is 11.5. The highest BCUT2D eigenvalue weighted by atomic mass is 16.5. The third kappa shape index (κ3) is 5.22. The van der Waals surface area contributed by atoms with Crippen LogP contribution in [-0.4, -0.2) is 46.0 Å². The van der Waals surface area contributed by atoms with Gasteiger partial charge < -0.3 is 15.2 Å². The lowest BCUT2D eigenvalue weighted by Crippen LogP contribution is -2.41. The maximum Gasteiger partial charge on any atom is 0.329 e. The van der Waals surface area contributed by atoms with Crippen molar-refractivity contribution in [3.05, 3.63) is 17.0 Å². The van der Waals surface area contributed by atoms with Crippen LogP contribution in [0.2, 0.25) is 0 Å². The van der Waals surface area contributed by atoms with Gasteiger partial charge in [0.1, 0.15) is 13.2 Å². The second-order valence-electron chi connectivity index (χ2n) is 4.39. The Hall–Kier alpha value is -2.42. The fourth-order valence-corrected chi connectivity index (χ4v) is 1.68. The van der Waals surface area contributed by atoms with Gasteiger partial charge in [0.15, 0.2) is 0 Å². The Morgan fingerprint density at radius 3 is 2.48 bits per heavy atom. The van der Waals surface area contributed by atoms with E-state index in [0.29, 0.717) is 0 Å². The molecule has 1 heterocycles. The molecule has 9 heteroatoms. The monoisotopic (exact) mass is 298 g/mol. The number of imide groups is 1. The minimum absolute atomic E-state index is 0.237. The fraction of sp³-hybridized carbons (Fsp3) is 0.500. The molecular weight excluding hydrogens is 280 g/mol. The molecule has 0 aromatic carbocycles. The predicted molar refractivity (Wildman–Crippen MR) is 71.5 cm³/mol. The molecule has 0 radical (unpaired) electrons. The van der Waals surface area contributed by atoms with E-state index in [0.717, 1.165) is 17.0 Å². The van der Waals surface area contributed by atoms with E-state index >= 15 is 0 Å². The van der Waals surface area contributed by atoms with Crippen molar-refractivity contribution < 1.29 is 24.2 Å². The van der Waals surface area contributed by atoms with Crippen LogP contribution in [0.5, 0.6) is 0 Å². The summed E-state index contributed by atoms with van der Waals surface area (Å²) in [6.45, 7) is 2.85. The first-order valence-electron chi connectivity index (χ1n) is 6.17. The lowest BCUT2D eigenvalue weighted by atomic mass is 10.2. The molecule has 0 unspecified atom stereocenters. The van der Waals surface area contributed by atoms with Crippen LogP contribution >= 0.6 is 0 Å².